The smallest absolute Gasteiger partial charge is 0.395 e. The van der Waals surface area contributed by atoms with Crippen molar-refractivity contribution in [1.29, 1.82) is 0 Å². The second kappa shape index (κ2) is 5.04. The van der Waals surface area contributed by atoms with Crippen molar-refractivity contribution in [3.63, 3.8) is 0 Å². The summed E-state index contributed by atoms with van der Waals surface area (Å²) >= 11 is 0. The van der Waals surface area contributed by atoms with Gasteiger partial charge >= 0.3 is 5.88 Å². The second-order valence-electron chi connectivity index (χ2n) is 4.98. The van der Waals surface area contributed by atoms with Crippen LogP contribution in [0.1, 0.15) is 40.7 Å². The molecule has 1 amide bonds. The SMILES string of the molecule is Cn1ncc2c1CCCC2NC(=O)c1ccc([N+](=O)[O-])o1. The Morgan fingerprint density at radius 2 is 2.38 bits per heavy atom. The van der Waals surface area contributed by atoms with E-state index in [2.05, 4.69) is 10.4 Å². The molecule has 0 saturated heterocycles. The number of aryl methyl sites for hydroxylation is 1. The van der Waals surface area contributed by atoms with Gasteiger partial charge in [0.1, 0.15) is 4.92 Å². The highest BCUT2D eigenvalue weighted by molar-refractivity contribution is 5.92. The Morgan fingerprint density at radius 3 is 3.10 bits per heavy atom. The van der Waals surface area contributed by atoms with Crippen LogP contribution in [0.3, 0.4) is 0 Å². The van der Waals surface area contributed by atoms with Gasteiger partial charge in [-0.3, -0.25) is 19.6 Å². The molecule has 0 radical (unpaired) electrons. The van der Waals surface area contributed by atoms with Gasteiger partial charge in [-0.15, -0.1) is 0 Å². The molecule has 1 unspecified atom stereocenters. The van der Waals surface area contributed by atoms with Crippen molar-refractivity contribution in [2.45, 2.75) is 25.3 Å². The molecule has 0 aromatic carbocycles. The van der Waals surface area contributed by atoms with Gasteiger partial charge in [0, 0.05) is 18.3 Å². The number of fused-ring (bicyclic) bond motifs is 1. The van der Waals surface area contributed by atoms with Gasteiger partial charge in [0.2, 0.25) is 0 Å². The predicted octanol–water partition coefficient (Wildman–Crippen LogP) is 1.73. The number of hydrogen-bond acceptors (Lipinski definition) is 5. The Kier molecular flexibility index (Phi) is 3.20. The monoisotopic (exact) mass is 290 g/mol. The van der Waals surface area contributed by atoms with E-state index in [1.165, 1.54) is 12.1 Å². The van der Waals surface area contributed by atoms with E-state index < -0.39 is 16.7 Å². The topological polar surface area (TPSA) is 103 Å². The van der Waals surface area contributed by atoms with Crippen LogP contribution < -0.4 is 5.32 Å². The number of aromatic nitrogens is 2. The molecule has 1 aliphatic rings. The maximum atomic E-state index is 12.1. The van der Waals surface area contributed by atoms with Crippen LogP contribution in [0.25, 0.3) is 0 Å². The average molecular weight is 290 g/mol. The Balaban J connectivity index is 1.77. The highest BCUT2D eigenvalue weighted by atomic mass is 16.6. The lowest BCUT2D eigenvalue weighted by Gasteiger charge is -2.23. The van der Waals surface area contributed by atoms with E-state index in [1.807, 2.05) is 11.7 Å². The van der Waals surface area contributed by atoms with Gasteiger partial charge in [0.15, 0.2) is 5.76 Å². The maximum Gasteiger partial charge on any atom is 0.433 e. The molecule has 3 rings (SSSR count). The molecule has 8 nitrogen and oxygen atoms in total. The number of furan rings is 1. The molecule has 0 aliphatic heterocycles. The number of carbonyl (C=O) groups is 1. The van der Waals surface area contributed by atoms with Crippen LogP contribution in [0.2, 0.25) is 0 Å². The van der Waals surface area contributed by atoms with Crippen LogP contribution in [0, 0.1) is 10.1 Å². The van der Waals surface area contributed by atoms with Crippen molar-refractivity contribution >= 4 is 11.8 Å². The lowest BCUT2D eigenvalue weighted by Crippen LogP contribution is -2.30. The first-order valence-corrected chi connectivity index (χ1v) is 6.62. The fourth-order valence-corrected chi connectivity index (χ4v) is 2.63. The maximum absolute atomic E-state index is 12.1. The van der Waals surface area contributed by atoms with E-state index >= 15 is 0 Å². The minimum Gasteiger partial charge on any atom is -0.395 e. The van der Waals surface area contributed by atoms with Gasteiger partial charge in [-0.1, -0.05) is 0 Å². The Hall–Kier alpha value is -2.64. The van der Waals surface area contributed by atoms with E-state index in [0.29, 0.717) is 0 Å². The summed E-state index contributed by atoms with van der Waals surface area (Å²) in [6.07, 6.45) is 4.46. The summed E-state index contributed by atoms with van der Waals surface area (Å²) < 4.78 is 6.72. The first-order valence-electron chi connectivity index (χ1n) is 6.62. The highest BCUT2D eigenvalue weighted by Gasteiger charge is 2.26. The normalized spacial score (nSPS) is 17.3. The van der Waals surface area contributed by atoms with Crippen molar-refractivity contribution < 1.29 is 14.1 Å². The van der Waals surface area contributed by atoms with E-state index in [4.69, 9.17) is 4.42 Å². The molecule has 2 aromatic rings. The Bertz CT molecular complexity index is 703. The third-order valence-electron chi connectivity index (χ3n) is 3.68. The number of hydrogen-bond donors (Lipinski definition) is 1. The molecule has 1 N–H and O–H groups in total. The molecule has 1 atom stereocenters. The zero-order chi connectivity index (χ0) is 15.0. The Morgan fingerprint density at radius 1 is 1.57 bits per heavy atom. The van der Waals surface area contributed by atoms with E-state index in [1.54, 1.807) is 6.20 Å². The van der Waals surface area contributed by atoms with Crippen molar-refractivity contribution in [3.8, 4) is 0 Å². The third-order valence-corrected chi connectivity index (χ3v) is 3.68. The number of nitrogens with zero attached hydrogens (tertiary/aromatic N) is 3. The number of amides is 1. The largest absolute Gasteiger partial charge is 0.433 e. The minimum absolute atomic E-state index is 0.0577. The highest BCUT2D eigenvalue weighted by Crippen LogP contribution is 2.29. The van der Waals surface area contributed by atoms with Crippen LogP contribution in [-0.2, 0) is 13.5 Å². The quantitative estimate of drug-likeness (QED) is 0.684. The molecule has 110 valence electrons. The predicted molar refractivity (Wildman–Crippen MR) is 71.7 cm³/mol. The van der Waals surface area contributed by atoms with Crippen molar-refractivity contribution in [3.05, 3.63) is 45.5 Å². The standard InChI is InChI=1S/C13H14N4O4/c1-16-10-4-2-3-9(8(10)7-14-16)15-13(18)11-5-6-12(21-11)17(19)20/h5-7,9H,2-4H2,1H3,(H,15,18). The van der Waals surface area contributed by atoms with Gasteiger partial charge < -0.3 is 9.73 Å². The van der Waals surface area contributed by atoms with Crippen molar-refractivity contribution in [2.75, 3.05) is 0 Å². The molecular formula is C13H14N4O4. The summed E-state index contributed by atoms with van der Waals surface area (Å²) in [7, 11) is 1.87. The molecule has 0 saturated carbocycles. The number of nitro groups is 1. The summed E-state index contributed by atoms with van der Waals surface area (Å²) in [4.78, 5) is 22.0. The first kappa shape index (κ1) is 13.3. The molecule has 2 aromatic heterocycles. The van der Waals surface area contributed by atoms with Crippen LogP contribution in [0.5, 0.6) is 0 Å². The zero-order valence-electron chi connectivity index (χ0n) is 11.4. The van der Waals surface area contributed by atoms with Gasteiger partial charge in [-0.25, -0.2) is 0 Å². The molecule has 21 heavy (non-hydrogen) atoms. The van der Waals surface area contributed by atoms with Crippen LogP contribution in [0.4, 0.5) is 5.88 Å². The Labute approximate surface area is 119 Å². The molecule has 8 heteroatoms. The summed E-state index contributed by atoms with van der Waals surface area (Å²) in [6, 6.07) is 2.34. The lowest BCUT2D eigenvalue weighted by atomic mass is 9.93. The minimum atomic E-state index is -0.670. The van der Waals surface area contributed by atoms with Gasteiger partial charge in [-0.2, -0.15) is 5.10 Å². The fraction of sp³-hybridized carbons (Fsp3) is 0.385. The first-order chi connectivity index (χ1) is 10.1. The molecule has 0 spiro atoms. The van der Waals surface area contributed by atoms with Gasteiger partial charge in [0.25, 0.3) is 5.91 Å². The second-order valence-corrected chi connectivity index (χ2v) is 4.98. The lowest BCUT2D eigenvalue weighted by molar-refractivity contribution is -0.402. The third kappa shape index (κ3) is 2.39. The van der Waals surface area contributed by atoms with Gasteiger partial charge in [0.05, 0.1) is 18.3 Å². The van der Waals surface area contributed by atoms with E-state index in [0.717, 1.165) is 30.5 Å². The zero-order valence-corrected chi connectivity index (χ0v) is 11.4. The summed E-state index contributed by atoms with van der Waals surface area (Å²) in [5.41, 5.74) is 2.11. The number of nitrogens with one attached hydrogen (secondary N) is 1. The summed E-state index contributed by atoms with van der Waals surface area (Å²) in [6.45, 7) is 0. The number of rotatable bonds is 3. The van der Waals surface area contributed by atoms with Gasteiger partial charge in [-0.05, 0) is 25.3 Å². The molecule has 2 heterocycles. The fourth-order valence-electron chi connectivity index (χ4n) is 2.63. The summed E-state index contributed by atoms with van der Waals surface area (Å²) in [5, 5.41) is 17.6. The average Bonchev–Trinajstić information content (AvgIpc) is 3.07. The summed E-state index contributed by atoms with van der Waals surface area (Å²) in [5.74, 6) is -0.951. The van der Waals surface area contributed by atoms with E-state index in [-0.39, 0.29) is 11.8 Å². The van der Waals surface area contributed by atoms with Crippen LogP contribution in [0.15, 0.2) is 22.7 Å². The molecule has 0 fully saturated rings. The van der Waals surface area contributed by atoms with Crippen molar-refractivity contribution in [1.82, 2.24) is 15.1 Å². The molecular weight excluding hydrogens is 276 g/mol. The van der Waals surface area contributed by atoms with Crippen LogP contribution >= 0.6 is 0 Å². The number of carbonyl (C=O) groups excluding carboxylic acids is 1. The molecule has 0 bridgehead atoms. The van der Waals surface area contributed by atoms with Crippen molar-refractivity contribution in [2.24, 2.45) is 7.05 Å². The van der Waals surface area contributed by atoms with E-state index in [9.17, 15) is 14.9 Å². The molecule has 1 aliphatic carbocycles. The van der Waals surface area contributed by atoms with Crippen LogP contribution in [-0.4, -0.2) is 20.6 Å².